The molecule has 0 radical (unpaired) electrons. The molecule has 0 saturated heterocycles. The number of ether oxygens (including phenoxy) is 1. The normalized spacial score (nSPS) is 10.3. The van der Waals surface area contributed by atoms with Crippen LogP contribution in [0.25, 0.3) is 0 Å². The number of aromatic nitrogens is 3. The van der Waals surface area contributed by atoms with E-state index < -0.39 is 0 Å². The first-order chi connectivity index (χ1) is 9.67. The summed E-state index contributed by atoms with van der Waals surface area (Å²) in [5.74, 6) is 0.429. The van der Waals surface area contributed by atoms with Gasteiger partial charge in [-0.15, -0.1) is 16.9 Å². The molecule has 2 aromatic rings. The fourth-order valence-electron chi connectivity index (χ4n) is 1.34. The van der Waals surface area contributed by atoms with Crippen LogP contribution in [0.1, 0.15) is 6.92 Å². The van der Waals surface area contributed by atoms with Crippen molar-refractivity contribution in [1.82, 2.24) is 15.2 Å². The van der Waals surface area contributed by atoms with Crippen LogP contribution in [-0.4, -0.2) is 33.4 Å². The molecule has 1 amide bonds. The average Bonchev–Trinajstić information content (AvgIpc) is 2.86. The summed E-state index contributed by atoms with van der Waals surface area (Å²) in [6.07, 6.45) is 0. The number of nitrogens with one attached hydrogen (secondary N) is 2. The molecule has 1 heterocycles. The van der Waals surface area contributed by atoms with Gasteiger partial charge in [-0.05, 0) is 31.2 Å². The summed E-state index contributed by atoms with van der Waals surface area (Å²) in [4.78, 5) is 16.7. The molecule has 0 aliphatic rings. The molecule has 0 fully saturated rings. The second-order valence-electron chi connectivity index (χ2n) is 3.69. The zero-order valence-corrected chi connectivity index (χ0v) is 13.1. The quantitative estimate of drug-likeness (QED) is 0.777. The van der Waals surface area contributed by atoms with Gasteiger partial charge in [0.25, 0.3) is 0 Å². The van der Waals surface area contributed by atoms with E-state index in [9.17, 15) is 4.79 Å². The Labute approximate surface area is 128 Å². The van der Waals surface area contributed by atoms with Gasteiger partial charge in [0, 0.05) is 9.37 Å². The third kappa shape index (κ3) is 4.53. The molecule has 0 atom stereocenters. The molecule has 106 valence electrons. The zero-order chi connectivity index (χ0) is 14.4. The molecule has 0 aliphatic carbocycles. The van der Waals surface area contributed by atoms with Gasteiger partial charge in [0.15, 0.2) is 0 Å². The van der Waals surface area contributed by atoms with Crippen molar-refractivity contribution < 1.29 is 9.53 Å². The molecule has 8 heteroatoms. The molecule has 0 bridgehead atoms. The standard InChI is InChI=1S/C12H13BrN4O2S/c1-2-19-12-15-11(16-17-12)14-10(18)7-20-9-5-3-8(13)4-6-9/h3-6H,2,7H2,1H3,(H2,14,15,16,17,18). The Morgan fingerprint density at radius 3 is 2.90 bits per heavy atom. The summed E-state index contributed by atoms with van der Waals surface area (Å²) in [6, 6.07) is 7.99. The molecule has 0 saturated carbocycles. The molecule has 20 heavy (non-hydrogen) atoms. The molecule has 6 nitrogen and oxygen atoms in total. The molecule has 0 spiro atoms. The summed E-state index contributed by atoms with van der Waals surface area (Å²) in [5.41, 5.74) is 0. The van der Waals surface area contributed by atoms with Crippen molar-refractivity contribution in [3.8, 4) is 6.01 Å². The second kappa shape index (κ2) is 7.30. The van der Waals surface area contributed by atoms with Crippen molar-refractivity contribution in [3.05, 3.63) is 28.7 Å². The zero-order valence-electron chi connectivity index (χ0n) is 10.7. The Hall–Kier alpha value is -1.54. The highest BCUT2D eigenvalue weighted by Crippen LogP contribution is 2.20. The summed E-state index contributed by atoms with van der Waals surface area (Å²) in [5, 5.41) is 9.02. The SMILES string of the molecule is CCOc1n[nH]c(NC(=O)CSc2ccc(Br)cc2)n1. The number of hydrogen-bond donors (Lipinski definition) is 2. The average molecular weight is 357 g/mol. The van der Waals surface area contributed by atoms with Gasteiger partial charge in [-0.25, -0.2) is 5.10 Å². The van der Waals surface area contributed by atoms with E-state index in [1.807, 2.05) is 31.2 Å². The highest BCUT2D eigenvalue weighted by molar-refractivity contribution is 9.10. The molecule has 2 rings (SSSR count). The largest absolute Gasteiger partial charge is 0.463 e. The van der Waals surface area contributed by atoms with Crippen LogP contribution < -0.4 is 10.1 Å². The predicted octanol–water partition coefficient (Wildman–Crippen LogP) is 2.70. The summed E-state index contributed by atoms with van der Waals surface area (Å²) >= 11 is 4.81. The lowest BCUT2D eigenvalue weighted by atomic mass is 10.4. The van der Waals surface area contributed by atoms with Gasteiger partial charge in [0.05, 0.1) is 12.4 Å². The molecular formula is C12H13BrN4O2S. The first-order valence-corrected chi connectivity index (χ1v) is 7.68. The van der Waals surface area contributed by atoms with Crippen molar-refractivity contribution >= 4 is 39.5 Å². The van der Waals surface area contributed by atoms with Gasteiger partial charge < -0.3 is 4.74 Å². The maximum absolute atomic E-state index is 11.8. The lowest BCUT2D eigenvalue weighted by Crippen LogP contribution is -2.15. The molecular weight excluding hydrogens is 344 g/mol. The molecule has 0 unspecified atom stereocenters. The number of aromatic amines is 1. The Kier molecular flexibility index (Phi) is 5.42. The number of hydrogen-bond acceptors (Lipinski definition) is 5. The van der Waals surface area contributed by atoms with Crippen LogP contribution in [0.15, 0.2) is 33.6 Å². The Morgan fingerprint density at radius 1 is 1.45 bits per heavy atom. The van der Waals surface area contributed by atoms with E-state index in [-0.39, 0.29) is 17.9 Å². The van der Waals surface area contributed by atoms with Crippen LogP contribution in [0.2, 0.25) is 0 Å². The molecule has 2 N–H and O–H groups in total. The van der Waals surface area contributed by atoms with E-state index in [0.717, 1.165) is 9.37 Å². The highest BCUT2D eigenvalue weighted by Gasteiger charge is 2.08. The smallest absolute Gasteiger partial charge is 0.337 e. The monoisotopic (exact) mass is 356 g/mol. The van der Waals surface area contributed by atoms with Gasteiger partial charge in [-0.3, -0.25) is 10.1 Å². The van der Waals surface area contributed by atoms with Crippen LogP contribution in [-0.2, 0) is 4.79 Å². The van der Waals surface area contributed by atoms with Crippen molar-refractivity contribution in [3.63, 3.8) is 0 Å². The van der Waals surface area contributed by atoms with Gasteiger partial charge in [-0.2, -0.15) is 4.98 Å². The number of nitrogens with zero attached hydrogens (tertiary/aromatic N) is 2. The lowest BCUT2D eigenvalue weighted by Gasteiger charge is -2.02. The summed E-state index contributed by atoms with van der Waals surface area (Å²) < 4.78 is 6.10. The Morgan fingerprint density at radius 2 is 2.20 bits per heavy atom. The van der Waals surface area contributed by atoms with E-state index in [0.29, 0.717) is 12.4 Å². The third-order valence-corrected chi connectivity index (χ3v) is 3.72. The number of thioether (sulfide) groups is 1. The van der Waals surface area contributed by atoms with Gasteiger partial charge >= 0.3 is 6.01 Å². The van der Waals surface area contributed by atoms with Crippen molar-refractivity contribution in [2.45, 2.75) is 11.8 Å². The van der Waals surface area contributed by atoms with Gasteiger partial charge in [0.2, 0.25) is 11.9 Å². The number of benzene rings is 1. The maximum atomic E-state index is 11.8. The number of rotatable bonds is 6. The minimum absolute atomic E-state index is 0.155. The van der Waals surface area contributed by atoms with Crippen LogP contribution in [0.5, 0.6) is 6.01 Å². The van der Waals surface area contributed by atoms with Crippen LogP contribution in [0, 0.1) is 0 Å². The minimum atomic E-state index is -0.155. The number of carbonyl (C=O) groups excluding carboxylic acids is 1. The fraction of sp³-hybridized carbons (Fsp3) is 0.250. The number of carbonyl (C=O) groups is 1. The number of H-pyrrole nitrogens is 1. The molecule has 1 aromatic heterocycles. The van der Waals surface area contributed by atoms with Gasteiger partial charge in [0.1, 0.15) is 0 Å². The third-order valence-electron chi connectivity index (χ3n) is 2.18. The number of amides is 1. The van der Waals surface area contributed by atoms with E-state index in [2.05, 4.69) is 36.4 Å². The van der Waals surface area contributed by atoms with Crippen molar-refractivity contribution in [2.24, 2.45) is 0 Å². The summed E-state index contributed by atoms with van der Waals surface area (Å²) in [6.45, 7) is 2.31. The minimum Gasteiger partial charge on any atom is -0.463 e. The second-order valence-corrected chi connectivity index (χ2v) is 5.65. The predicted molar refractivity (Wildman–Crippen MR) is 81.0 cm³/mol. The molecule has 1 aromatic carbocycles. The lowest BCUT2D eigenvalue weighted by molar-refractivity contribution is -0.113. The van der Waals surface area contributed by atoms with Crippen LogP contribution >= 0.6 is 27.7 Å². The van der Waals surface area contributed by atoms with Gasteiger partial charge in [-0.1, -0.05) is 15.9 Å². The van der Waals surface area contributed by atoms with E-state index in [4.69, 9.17) is 4.74 Å². The Balaban J connectivity index is 1.81. The number of halogens is 1. The van der Waals surface area contributed by atoms with Crippen molar-refractivity contribution in [1.29, 1.82) is 0 Å². The number of anilines is 1. The maximum Gasteiger partial charge on any atom is 0.337 e. The van der Waals surface area contributed by atoms with E-state index in [1.165, 1.54) is 11.8 Å². The van der Waals surface area contributed by atoms with E-state index in [1.54, 1.807) is 0 Å². The fourth-order valence-corrected chi connectivity index (χ4v) is 2.31. The van der Waals surface area contributed by atoms with Crippen LogP contribution in [0.3, 0.4) is 0 Å². The Bertz CT molecular complexity index is 573. The summed E-state index contributed by atoms with van der Waals surface area (Å²) in [7, 11) is 0. The highest BCUT2D eigenvalue weighted by atomic mass is 79.9. The van der Waals surface area contributed by atoms with Crippen LogP contribution in [0.4, 0.5) is 5.95 Å². The molecule has 0 aliphatic heterocycles. The van der Waals surface area contributed by atoms with E-state index >= 15 is 0 Å². The first-order valence-electron chi connectivity index (χ1n) is 5.91. The van der Waals surface area contributed by atoms with Crippen molar-refractivity contribution in [2.75, 3.05) is 17.7 Å². The first kappa shape index (κ1) is 14.9. The topological polar surface area (TPSA) is 79.9 Å².